The van der Waals surface area contributed by atoms with Crippen LogP contribution in [0.4, 0.5) is 5.69 Å². The summed E-state index contributed by atoms with van der Waals surface area (Å²) < 4.78 is 19.9. The number of non-ortho nitro benzene ring substituents is 1. The van der Waals surface area contributed by atoms with Crippen molar-refractivity contribution in [3.63, 3.8) is 0 Å². The van der Waals surface area contributed by atoms with Crippen molar-refractivity contribution in [3.8, 4) is 11.5 Å². The monoisotopic (exact) mass is 725 g/mol. The largest absolute Gasteiger partial charge is 0.490 e. The van der Waals surface area contributed by atoms with Crippen molar-refractivity contribution in [1.29, 1.82) is 0 Å². The zero-order valence-corrected chi connectivity index (χ0v) is 27.1. The molecule has 0 bridgehead atoms. The third-order valence-electron chi connectivity index (χ3n) is 6.93. The summed E-state index contributed by atoms with van der Waals surface area (Å²) in [5.41, 5.74) is 2.95. The van der Waals surface area contributed by atoms with E-state index in [4.69, 9.17) is 19.2 Å². The molecule has 3 aromatic carbocycles. The Bertz CT molecular complexity index is 1930. The zero-order chi connectivity index (χ0) is 31.4. The molecule has 1 atom stereocenters. The predicted octanol–water partition coefficient (Wildman–Crippen LogP) is 5.29. The van der Waals surface area contributed by atoms with Crippen LogP contribution < -0.4 is 24.4 Å². The summed E-state index contributed by atoms with van der Waals surface area (Å²) in [5, 5.41) is 11.0. The highest BCUT2D eigenvalue weighted by molar-refractivity contribution is 14.1. The Morgan fingerprint density at radius 3 is 2.48 bits per heavy atom. The van der Waals surface area contributed by atoms with Crippen molar-refractivity contribution in [2.45, 2.75) is 32.9 Å². The lowest BCUT2D eigenvalue weighted by atomic mass is 9.95. The number of rotatable bonds is 10. The molecule has 10 nitrogen and oxygen atoms in total. The number of halogens is 1. The second kappa shape index (κ2) is 13.6. The summed E-state index contributed by atoms with van der Waals surface area (Å²) in [6.07, 6.45) is 2.28. The predicted molar refractivity (Wildman–Crippen MR) is 175 cm³/mol. The first-order chi connectivity index (χ1) is 21.2. The molecule has 0 spiro atoms. The van der Waals surface area contributed by atoms with E-state index in [0.717, 1.165) is 20.3 Å². The van der Waals surface area contributed by atoms with Crippen molar-refractivity contribution in [1.82, 2.24) is 4.57 Å². The van der Waals surface area contributed by atoms with Crippen LogP contribution in [-0.2, 0) is 16.1 Å². The Morgan fingerprint density at radius 2 is 1.84 bits per heavy atom. The molecule has 226 valence electrons. The van der Waals surface area contributed by atoms with Crippen LogP contribution in [0.3, 0.4) is 0 Å². The van der Waals surface area contributed by atoms with Gasteiger partial charge in [-0.1, -0.05) is 48.6 Å². The molecule has 5 rings (SSSR count). The fourth-order valence-electron chi connectivity index (χ4n) is 4.91. The molecule has 0 fully saturated rings. The van der Waals surface area contributed by atoms with Crippen LogP contribution in [-0.4, -0.2) is 29.2 Å². The van der Waals surface area contributed by atoms with Gasteiger partial charge in [0, 0.05) is 12.1 Å². The van der Waals surface area contributed by atoms with Gasteiger partial charge in [-0.15, -0.1) is 0 Å². The van der Waals surface area contributed by atoms with Gasteiger partial charge in [0.05, 0.1) is 44.1 Å². The third-order valence-corrected chi connectivity index (χ3v) is 8.71. The minimum absolute atomic E-state index is 0.00972. The molecule has 0 N–H and O–H groups in total. The molecule has 0 saturated carbocycles. The Hall–Kier alpha value is -4.30. The van der Waals surface area contributed by atoms with Gasteiger partial charge in [0.25, 0.3) is 11.2 Å². The first-order valence-corrected chi connectivity index (χ1v) is 15.7. The number of nitro benzene ring substituents is 1. The number of esters is 1. The normalized spacial score (nSPS) is 14.5. The lowest BCUT2D eigenvalue weighted by molar-refractivity contribution is -0.384. The van der Waals surface area contributed by atoms with E-state index in [1.54, 1.807) is 28.8 Å². The number of carbonyl (C=O) groups excluding carboxylic acids is 1. The maximum Gasteiger partial charge on any atom is 0.338 e. The van der Waals surface area contributed by atoms with Gasteiger partial charge in [-0.25, -0.2) is 9.79 Å². The summed E-state index contributed by atoms with van der Waals surface area (Å²) in [7, 11) is 1.33. The Balaban J connectivity index is 1.56. The van der Waals surface area contributed by atoms with Crippen molar-refractivity contribution >= 4 is 51.7 Å². The van der Waals surface area contributed by atoms with Crippen LogP contribution in [0.25, 0.3) is 6.08 Å². The molecule has 0 unspecified atom stereocenters. The SMILES string of the molecule is CCOc1cc(/C=c2/sc3n(c2=O)[C@H](c2ccccc2)C(C(=O)OC)=C(CC)N=3)cc(I)c1OCc1ccc([N+](=O)[O-])cc1. The molecule has 0 aliphatic carbocycles. The average Bonchev–Trinajstić information content (AvgIpc) is 3.34. The van der Waals surface area contributed by atoms with Crippen molar-refractivity contribution in [2.75, 3.05) is 13.7 Å². The van der Waals surface area contributed by atoms with E-state index in [0.29, 0.717) is 45.1 Å². The molecular weight excluding hydrogens is 697 g/mol. The number of ether oxygens (including phenoxy) is 3. The fraction of sp³-hybridized carbons (Fsp3) is 0.219. The van der Waals surface area contributed by atoms with Gasteiger partial charge in [-0.3, -0.25) is 19.5 Å². The van der Waals surface area contributed by atoms with Crippen molar-refractivity contribution in [3.05, 3.63) is 128 Å². The molecule has 4 aromatic rings. The molecule has 1 aromatic heterocycles. The van der Waals surface area contributed by atoms with Crippen molar-refractivity contribution < 1.29 is 23.9 Å². The molecule has 0 saturated heterocycles. The van der Waals surface area contributed by atoms with Gasteiger partial charge in [0.1, 0.15) is 6.61 Å². The molecular formula is C32H28IN3O7S. The molecule has 44 heavy (non-hydrogen) atoms. The fourth-order valence-corrected chi connectivity index (χ4v) is 6.71. The van der Waals surface area contributed by atoms with Crippen LogP contribution in [0.2, 0.25) is 0 Å². The van der Waals surface area contributed by atoms with Crippen LogP contribution in [0, 0.1) is 13.7 Å². The molecule has 2 heterocycles. The number of nitrogens with zero attached hydrogens (tertiary/aromatic N) is 3. The number of allylic oxidation sites excluding steroid dienone is 1. The third kappa shape index (κ3) is 6.31. The molecule has 0 radical (unpaired) electrons. The van der Waals surface area contributed by atoms with E-state index in [-0.39, 0.29) is 17.9 Å². The minimum atomic E-state index is -0.675. The van der Waals surface area contributed by atoms with E-state index >= 15 is 0 Å². The van der Waals surface area contributed by atoms with Crippen LogP contribution in [0.15, 0.2) is 87.8 Å². The number of carbonyl (C=O) groups is 1. The summed E-state index contributed by atoms with van der Waals surface area (Å²) >= 11 is 3.41. The first kappa shape index (κ1) is 31.1. The topological polar surface area (TPSA) is 122 Å². The Labute approximate surface area is 270 Å². The highest BCUT2D eigenvalue weighted by Gasteiger charge is 2.33. The Kier molecular flexibility index (Phi) is 9.59. The minimum Gasteiger partial charge on any atom is -0.490 e. The molecule has 0 amide bonds. The second-order valence-electron chi connectivity index (χ2n) is 9.67. The summed E-state index contributed by atoms with van der Waals surface area (Å²) in [4.78, 5) is 42.7. The molecule has 12 heteroatoms. The van der Waals surface area contributed by atoms with Gasteiger partial charge < -0.3 is 14.2 Å². The number of nitro groups is 1. The van der Waals surface area contributed by atoms with E-state index in [1.807, 2.05) is 50.2 Å². The van der Waals surface area contributed by atoms with Gasteiger partial charge >= 0.3 is 5.97 Å². The van der Waals surface area contributed by atoms with Gasteiger partial charge in [-0.05, 0) is 83.0 Å². The van der Waals surface area contributed by atoms with E-state index in [2.05, 4.69) is 22.6 Å². The van der Waals surface area contributed by atoms with Gasteiger partial charge in [-0.2, -0.15) is 0 Å². The van der Waals surface area contributed by atoms with E-state index in [9.17, 15) is 19.7 Å². The maximum absolute atomic E-state index is 13.9. The standard InChI is InChI=1S/C32H28IN3O7S/c1-4-24-27(31(38)41-3)28(21-9-7-6-8-10-21)35-30(37)26(44-32(35)34-24)17-20-15-23(33)29(25(16-20)42-5-2)43-18-19-11-13-22(14-12-19)36(39)40/h6-17,28H,4-5,18H2,1-3H3/b26-17+/t28-/m1/s1. The number of hydrogen-bond acceptors (Lipinski definition) is 9. The maximum atomic E-state index is 13.9. The van der Waals surface area contributed by atoms with Crippen LogP contribution in [0.5, 0.6) is 11.5 Å². The number of methoxy groups -OCH3 is 1. The number of fused-ring (bicyclic) bond motifs is 1. The highest BCUT2D eigenvalue weighted by atomic mass is 127. The number of aromatic nitrogens is 1. The van der Waals surface area contributed by atoms with Gasteiger partial charge in [0.2, 0.25) is 0 Å². The highest BCUT2D eigenvalue weighted by Crippen LogP contribution is 2.36. The smallest absolute Gasteiger partial charge is 0.338 e. The van der Waals surface area contributed by atoms with E-state index < -0.39 is 16.9 Å². The van der Waals surface area contributed by atoms with Gasteiger partial charge in [0.15, 0.2) is 16.3 Å². The van der Waals surface area contributed by atoms with Crippen LogP contribution >= 0.6 is 33.9 Å². The second-order valence-corrected chi connectivity index (χ2v) is 11.8. The Morgan fingerprint density at radius 1 is 1.11 bits per heavy atom. The average molecular weight is 726 g/mol. The summed E-state index contributed by atoms with van der Waals surface area (Å²) in [5.74, 6) is 0.515. The molecule has 1 aliphatic heterocycles. The number of benzene rings is 3. The lowest BCUT2D eigenvalue weighted by Gasteiger charge is -2.25. The number of thiazole rings is 1. The zero-order valence-electron chi connectivity index (χ0n) is 24.1. The van der Waals surface area contributed by atoms with Crippen LogP contribution in [0.1, 0.15) is 43.0 Å². The summed E-state index contributed by atoms with van der Waals surface area (Å²) in [6, 6.07) is 18.6. The number of hydrogen-bond donors (Lipinski definition) is 0. The van der Waals surface area contributed by atoms with Crippen molar-refractivity contribution in [2.24, 2.45) is 4.99 Å². The summed E-state index contributed by atoms with van der Waals surface area (Å²) in [6.45, 7) is 4.36. The van der Waals surface area contributed by atoms with E-state index in [1.165, 1.54) is 30.6 Å². The molecule has 1 aliphatic rings. The first-order valence-electron chi connectivity index (χ1n) is 13.8. The quantitative estimate of drug-likeness (QED) is 0.0943. The lowest BCUT2D eigenvalue weighted by Crippen LogP contribution is -2.40.